The first-order chi connectivity index (χ1) is 8.27. The van der Waals surface area contributed by atoms with Crippen molar-refractivity contribution in [1.82, 2.24) is 14.7 Å². The van der Waals surface area contributed by atoms with E-state index in [1.165, 1.54) is 24.2 Å². The molecular weight excluding hydrogens is 278 g/mol. The molecule has 0 aliphatic carbocycles. The standard InChI is InChI=1S/C13H16BrN3/c1-9-12(10-4-6-15-7-5-10)16-13-11(14)3-2-8-17(9)13/h2-3,8,10,15H,4-7H2,1H3. The second-order valence-corrected chi connectivity index (χ2v) is 5.51. The molecule has 0 unspecified atom stereocenters. The van der Waals surface area contributed by atoms with E-state index in [1.54, 1.807) is 0 Å². The molecule has 2 aromatic rings. The maximum atomic E-state index is 4.82. The summed E-state index contributed by atoms with van der Waals surface area (Å²) in [6.45, 7) is 4.39. The van der Waals surface area contributed by atoms with Crippen molar-refractivity contribution in [3.8, 4) is 0 Å². The Labute approximate surface area is 109 Å². The number of aryl methyl sites for hydroxylation is 1. The van der Waals surface area contributed by atoms with Gasteiger partial charge in [-0.1, -0.05) is 0 Å². The summed E-state index contributed by atoms with van der Waals surface area (Å²) in [4.78, 5) is 4.82. The minimum Gasteiger partial charge on any atom is -0.317 e. The average molecular weight is 294 g/mol. The number of aromatic nitrogens is 2. The average Bonchev–Trinajstić information content (AvgIpc) is 2.70. The van der Waals surface area contributed by atoms with Gasteiger partial charge in [-0.2, -0.15) is 0 Å². The van der Waals surface area contributed by atoms with Gasteiger partial charge in [0.2, 0.25) is 0 Å². The van der Waals surface area contributed by atoms with Crippen molar-refractivity contribution < 1.29 is 0 Å². The molecule has 0 amide bonds. The lowest BCUT2D eigenvalue weighted by molar-refractivity contribution is 0.453. The summed E-state index contributed by atoms with van der Waals surface area (Å²) < 4.78 is 3.25. The number of nitrogens with one attached hydrogen (secondary N) is 1. The van der Waals surface area contributed by atoms with Gasteiger partial charge in [-0.15, -0.1) is 0 Å². The van der Waals surface area contributed by atoms with Gasteiger partial charge in [-0.05, 0) is 60.9 Å². The van der Waals surface area contributed by atoms with Gasteiger partial charge in [-0.3, -0.25) is 0 Å². The van der Waals surface area contributed by atoms with Crippen LogP contribution in [0, 0.1) is 6.92 Å². The Morgan fingerprint density at radius 1 is 1.41 bits per heavy atom. The van der Waals surface area contributed by atoms with Gasteiger partial charge in [0, 0.05) is 17.8 Å². The molecule has 1 fully saturated rings. The zero-order chi connectivity index (χ0) is 11.8. The van der Waals surface area contributed by atoms with Crippen LogP contribution in [0.1, 0.15) is 30.1 Å². The number of hydrogen-bond donors (Lipinski definition) is 1. The van der Waals surface area contributed by atoms with Crippen LogP contribution in [0.5, 0.6) is 0 Å². The number of fused-ring (bicyclic) bond motifs is 1. The van der Waals surface area contributed by atoms with Gasteiger partial charge in [0.05, 0.1) is 10.2 Å². The van der Waals surface area contributed by atoms with E-state index < -0.39 is 0 Å². The Kier molecular flexibility index (Phi) is 2.92. The van der Waals surface area contributed by atoms with Crippen LogP contribution in [0.3, 0.4) is 0 Å². The minimum atomic E-state index is 0.614. The molecule has 1 N–H and O–H groups in total. The van der Waals surface area contributed by atoms with Crippen molar-refractivity contribution in [3.05, 3.63) is 34.2 Å². The lowest BCUT2D eigenvalue weighted by atomic mass is 9.94. The fourth-order valence-electron chi connectivity index (χ4n) is 2.65. The molecule has 0 bridgehead atoms. The third kappa shape index (κ3) is 1.89. The van der Waals surface area contributed by atoms with E-state index in [9.17, 15) is 0 Å². The maximum absolute atomic E-state index is 4.82. The van der Waals surface area contributed by atoms with E-state index >= 15 is 0 Å². The number of rotatable bonds is 1. The second kappa shape index (κ2) is 4.42. The normalized spacial score (nSPS) is 17.8. The molecule has 1 saturated heterocycles. The number of nitrogens with zero attached hydrogens (tertiary/aromatic N) is 2. The highest BCUT2D eigenvalue weighted by Crippen LogP contribution is 2.29. The smallest absolute Gasteiger partial charge is 0.151 e. The molecule has 17 heavy (non-hydrogen) atoms. The summed E-state index contributed by atoms with van der Waals surface area (Å²) in [5, 5.41) is 3.41. The quantitative estimate of drug-likeness (QED) is 0.876. The first-order valence-electron chi connectivity index (χ1n) is 6.11. The molecule has 90 valence electrons. The third-order valence-electron chi connectivity index (χ3n) is 3.60. The minimum absolute atomic E-state index is 0.614. The van der Waals surface area contributed by atoms with E-state index in [0.29, 0.717) is 5.92 Å². The van der Waals surface area contributed by atoms with Gasteiger partial charge in [0.25, 0.3) is 0 Å². The van der Waals surface area contributed by atoms with Crippen LogP contribution >= 0.6 is 15.9 Å². The monoisotopic (exact) mass is 293 g/mol. The van der Waals surface area contributed by atoms with Crippen LogP contribution in [0.25, 0.3) is 5.65 Å². The van der Waals surface area contributed by atoms with Crippen LogP contribution < -0.4 is 5.32 Å². The number of imidazole rings is 1. The SMILES string of the molecule is Cc1c(C2CCNCC2)nc2c(Br)cccn12. The Morgan fingerprint density at radius 3 is 2.88 bits per heavy atom. The Morgan fingerprint density at radius 2 is 2.18 bits per heavy atom. The Bertz CT molecular complexity index is 541. The molecule has 1 aliphatic heterocycles. The summed E-state index contributed by atoms with van der Waals surface area (Å²) in [5.41, 5.74) is 3.60. The molecule has 3 heterocycles. The molecule has 3 rings (SSSR count). The molecule has 0 spiro atoms. The lowest BCUT2D eigenvalue weighted by Gasteiger charge is -2.21. The van der Waals surface area contributed by atoms with Crippen molar-refractivity contribution in [2.24, 2.45) is 0 Å². The van der Waals surface area contributed by atoms with Crippen molar-refractivity contribution in [3.63, 3.8) is 0 Å². The van der Waals surface area contributed by atoms with E-state index in [-0.39, 0.29) is 0 Å². The Hall–Kier alpha value is -0.870. The summed E-state index contributed by atoms with van der Waals surface area (Å²) in [6, 6.07) is 4.10. The zero-order valence-corrected chi connectivity index (χ0v) is 11.5. The molecule has 1 aliphatic rings. The number of pyridine rings is 1. The second-order valence-electron chi connectivity index (χ2n) is 4.66. The molecule has 4 heteroatoms. The van der Waals surface area contributed by atoms with Crippen LogP contribution in [0.4, 0.5) is 0 Å². The van der Waals surface area contributed by atoms with Crippen molar-refractivity contribution in [1.29, 1.82) is 0 Å². The molecule has 0 radical (unpaired) electrons. The van der Waals surface area contributed by atoms with Gasteiger partial charge in [-0.25, -0.2) is 4.98 Å². The predicted molar refractivity (Wildman–Crippen MR) is 72.5 cm³/mol. The summed E-state index contributed by atoms with van der Waals surface area (Å²) >= 11 is 3.57. The van der Waals surface area contributed by atoms with Gasteiger partial charge in [0.15, 0.2) is 5.65 Å². The number of halogens is 1. The predicted octanol–water partition coefficient (Wildman–Crippen LogP) is 2.87. The van der Waals surface area contributed by atoms with Crippen molar-refractivity contribution in [2.45, 2.75) is 25.7 Å². The van der Waals surface area contributed by atoms with Crippen LogP contribution in [-0.4, -0.2) is 22.5 Å². The van der Waals surface area contributed by atoms with Crippen LogP contribution in [0.15, 0.2) is 22.8 Å². The first-order valence-corrected chi connectivity index (χ1v) is 6.90. The van der Waals surface area contributed by atoms with Gasteiger partial charge >= 0.3 is 0 Å². The molecule has 0 saturated carbocycles. The van der Waals surface area contributed by atoms with Crippen molar-refractivity contribution >= 4 is 21.6 Å². The van der Waals surface area contributed by atoms with E-state index in [1.807, 2.05) is 6.07 Å². The highest BCUT2D eigenvalue weighted by atomic mass is 79.9. The molecule has 2 aromatic heterocycles. The Balaban J connectivity index is 2.10. The molecule has 0 aromatic carbocycles. The summed E-state index contributed by atoms with van der Waals surface area (Å²) in [7, 11) is 0. The lowest BCUT2D eigenvalue weighted by Crippen LogP contribution is -2.27. The van der Waals surface area contributed by atoms with Crippen LogP contribution in [-0.2, 0) is 0 Å². The topological polar surface area (TPSA) is 29.3 Å². The first kappa shape index (κ1) is 11.2. The summed E-state index contributed by atoms with van der Waals surface area (Å²) in [5.74, 6) is 0.614. The molecular formula is C13H16BrN3. The van der Waals surface area contributed by atoms with Crippen molar-refractivity contribution in [2.75, 3.05) is 13.1 Å². The fourth-order valence-corrected chi connectivity index (χ4v) is 3.08. The summed E-state index contributed by atoms with van der Waals surface area (Å²) in [6.07, 6.45) is 4.48. The molecule has 0 atom stereocenters. The highest BCUT2D eigenvalue weighted by molar-refractivity contribution is 9.10. The van der Waals surface area contributed by atoms with Gasteiger partial charge < -0.3 is 9.72 Å². The van der Waals surface area contributed by atoms with Crippen LogP contribution in [0.2, 0.25) is 0 Å². The highest BCUT2D eigenvalue weighted by Gasteiger charge is 2.21. The largest absolute Gasteiger partial charge is 0.317 e. The zero-order valence-electron chi connectivity index (χ0n) is 9.91. The number of piperidine rings is 1. The van der Waals surface area contributed by atoms with Gasteiger partial charge in [0.1, 0.15) is 0 Å². The van der Waals surface area contributed by atoms with E-state index in [4.69, 9.17) is 4.98 Å². The van der Waals surface area contributed by atoms with E-state index in [2.05, 4.69) is 44.8 Å². The third-order valence-corrected chi connectivity index (χ3v) is 4.22. The molecule has 3 nitrogen and oxygen atoms in total. The fraction of sp³-hybridized carbons (Fsp3) is 0.462. The maximum Gasteiger partial charge on any atom is 0.151 e. The number of hydrogen-bond acceptors (Lipinski definition) is 2. The van der Waals surface area contributed by atoms with E-state index in [0.717, 1.165) is 23.2 Å².